The smallest absolute Gasteiger partial charge is 0.288 e. The Morgan fingerprint density at radius 1 is 0.958 bits per heavy atom. The molecule has 0 aromatic heterocycles. The van der Waals surface area contributed by atoms with Gasteiger partial charge in [0, 0.05) is 6.07 Å². The summed E-state index contributed by atoms with van der Waals surface area (Å²) in [6.45, 7) is 0. The second-order valence-corrected chi connectivity index (χ2v) is 7.02. The molecule has 7 heteroatoms. The lowest BCUT2D eigenvalue weighted by Gasteiger charge is -2.08. The van der Waals surface area contributed by atoms with Gasteiger partial charge in [-0.1, -0.05) is 24.3 Å². The lowest BCUT2D eigenvalue weighted by atomic mass is 10.1. The summed E-state index contributed by atoms with van der Waals surface area (Å²) >= 11 is 0. The minimum absolute atomic E-state index is 0.00958. The van der Waals surface area contributed by atoms with E-state index in [0.29, 0.717) is 16.5 Å². The monoisotopic (exact) mass is 343 g/mol. The molecule has 0 spiro atoms. The van der Waals surface area contributed by atoms with Crippen LogP contribution in [-0.2, 0) is 9.84 Å². The van der Waals surface area contributed by atoms with Crippen LogP contribution in [-0.4, -0.2) is 20.5 Å². The summed E-state index contributed by atoms with van der Waals surface area (Å²) in [4.78, 5) is 10.4. The molecular formula is C17H13NO5S. The van der Waals surface area contributed by atoms with Gasteiger partial charge in [-0.05, 0) is 41.1 Å². The van der Waals surface area contributed by atoms with Crippen LogP contribution in [0.5, 0.6) is 5.75 Å². The van der Waals surface area contributed by atoms with Gasteiger partial charge < -0.3 is 4.74 Å². The van der Waals surface area contributed by atoms with Crippen LogP contribution in [0.3, 0.4) is 0 Å². The van der Waals surface area contributed by atoms with E-state index in [1.807, 2.05) is 0 Å². The molecule has 3 aromatic carbocycles. The van der Waals surface area contributed by atoms with Crippen molar-refractivity contribution in [1.29, 1.82) is 0 Å². The van der Waals surface area contributed by atoms with Crippen molar-refractivity contribution in [3.05, 3.63) is 70.8 Å². The van der Waals surface area contributed by atoms with Gasteiger partial charge >= 0.3 is 0 Å². The predicted octanol–water partition coefficient (Wildman–Crippen LogP) is 3.59. The number of nitro groups is 1. The fourth-order valence-electron chi connectivity index (χ4n) is 2.45. The molecule has 0 N–H and O–H groups in total. The van der Waals surface area contributed by atoms with Crippen molar-refractivity contribution in [2.24, 2.45) is 0 Å². The highest BCUT2D eigenvalue weighted by Gasteiger charge is 2.28. The van der Waals surface area contributed by atoms with Gasteiger partial charge in [0.1, 0.15) is 10.6 Å². The molecule has 0 amide bonds. The third kappa shape index (κ3) is 2.69. The highest BCUT2D eigenvalue weighted by molar-refractivity contribution is 7.91. The molecule has 0 atom stereocenters. The molecule has 0 saturated heterocycles. The SMILES string of the molecule is COc1ccc2cc([N+](=O)[O-])c(S(=O)(=O)c3ccccc3)cc2c1. The van der Waals surface area contributed by atoms with E-state index in [-0.39, 0.29) is 9.79 Å². The first-order chi connectivity index (χ1) is 11.4. The first-order valence-electron chi connectivity index (χ1n) is 7.00. The molecule has 3 rings (SSSR count). The van der Waals surface area contributed by atoms with Crippen molar-refractivity contribution in [3.8, 4) is 5.75 Å². The van der Waals surface area contributed by atoms with E-state index < -0.39 is 20.4 Å². The van der Waals surface area contributed by atoms with Gasteiger partial charge in [0.2, 0.25) is 9.84 Å². The van der Waals surface area contributed by atoms with E-state index in [1.165, 1.54) is 31.4 Å². The van der Waals surface area contributed by atoms with Crippen LogP contribution in [0.4, 0.5) is 5.69 Å². The molecule has 6 nitrogen and oxygen atoms in total. The maximum atomic E-state index is 12.8. The largest absolute Gasteiger partial charge is 0.497 e. The molecule has 0 saturated carbocycles. The first kappa shape index (κ1) is 15.9. The van der Waals surface area contributed by atoms with Gasteiger partial charge in [0.05, 0.1) is 16.9 Å². The topological polar surface area (TPSA) is 86.5 Å². The zero-order chi connectivity index (χ0) is 17.3. The van der Waals surface area contributed by atoms with Gasteiger partial charge in [0.25, 0.3) is 5.69 Å². The van der Waals surface area contributed by atoms with Crippen molar-refractivity contribution in [3.63, 3.8) is 0 Å². The summed E-state index contributed by atoms with van der Waals surface area (Å²) in [5.74, 6) is 0.541. The van der Waals surface area contributed by atoms with Gasteiger partial charge in [0.15, 0.2) is 0 Å². The molecule has 0 unspecified atom stereocenters. The number of ether oxygens (including phenoxy) is 1. The van der Waals surface area contributed by atoms with Crippen LogP contribution in [0.15, 0.2) is 70.5 Å². The predicted molar refractivity (Wildman–Crippen MR) is 89.0 cm³/mol. The number of nitrogens with zero attached hydrogens (tertiary/aromatic N) is 1. The highest BCUT2D eigenvalue weighted by Crippen LogP contribution is 2.34. The summed E-state index contributed by atoms with van der Waals surface area (Å²) in [6.07, 6.45) is 0. The van der Waals surface area contributed by atoms with Crippen molar-refractivity contribution in [2.75, 3.05) is 7.11 Å². The molecule has 122 valence electrons. The molecule has 0 radical (unpaired) electrons. The van der Waals surface area contributed by atoms with E-state index in [0.717, 1.165) is 0 Å². The van der Waals surface area contributed by atoms with E-state index in [2.05, 4.69) is 0 Å². The average Bonchev–Trinajstić information content (AvgIpc) is 2.60. The quantitative estimate of drug-likeness (QED) is 0.534. The van der Waals surface area contributed by atoms with Gasteiger partial charge in [-0.15, -0.1) is 0 Å². The number of sulfone groups is 1. The number of fused-ring (bicyclic) bond motifs is 1. The summed E-state index contributed by atoms with van der Waals surface area (Å²) in [7, 11) is -2.51. The van der Waals surface area contributed by atoms with Crippen molar-refractivity contribution in [2.45, 2.75) is 9.79 Å². The molecule has 24 heavy (non-hydrogen) atoms. The summed E-state index contributed by atoms with van der Waals surface area (Å²) in [6, 6.07) is 15.2. The zero-order valence-electron chi connectivity index (χ0n) is 12.7. The normalized spacial score (nSPS) is 11.4. The van der Waals surface area contributed by atoms with E-state index in [4.69, 9.17) is 4.74 Å². The summed E-state index contributed by atoms with van der Waals surface area (Å²) in [5, 5.41) is 12.5. The van der Waals surface area contributed by atoms with Crippen LogP contribution in [0.1, 0.15) is 0 Å². The third-order valence-corrected chi connectivity index (χ3v) is 5.46. The summed E-state index contributed by atoms with van der Waals surface area (Å²) in [5.41, 5.74) is -0.448. The lowest BCUT2D eigenvalue weighted by molar-refractivity contribution is -0.387. The number of methoxy groups -OCH3 is 1. The maximum absolute atomic E-state index is 12.8. The van der Waals surface area contributed by atoms with Crippen molar-refractivity contribution in [1.82, 2.24) is 0 Å². The first-order valence-corrected chi connectivity index (χ1v) is 8.48. The van der Waals surface area contributed by atoms with Crippen LogP contribution in [0.25, 0.3) is 10.8 Å². The maximum Gasteiger partial charge on any atom is 0.288 e. The Bertz CT molecular complexity index is 1030. The highest BCUT2D eigenvalue weighted by atomic mass is 32.2. The number of rotatable bonds is 4. The van der Waals surface area contributed by atoms with E-state index in [1.54, 1.807) is 36.4 Å². The Labute approximate surface area is 138 Å². The van der Waals surface area contributed by atoms with E-state index in [9.17, 15) is 18.5 Å². The number of hydrogen-bond donors (Lipinski definition) is 0. The second-order valence-electron chi connectivity index (χ2n) is 5.11. The lowest BCUT2D eigenvalue weighted by Crippen LogP contribution is -2.06. The van der Waals surface area contributed by atoms with Gasteiger partial charge in [-0.25, -0.2) is 8.42 Å². The Morgan fingerprint density at radius 2 is 1.67 bits per heavy atom. The molecule has 0 aliphatic carbocycles. The zero-order valence-corrected chi connectivity index (χ0v) is 13.5. The Balaban J connectivity index is 2.33. The second kappa shape index (κ2) is 5.93. The molecule has 0 aliphatic heterocycles. The molecule has 0 aliphatic rings. The van der Waals surface area contributed by atoms with Crippen LogP contribution < -0.4 is 4.74 Å². The number of hydrogen-bond acceptors (Lipinski definition) is 5. The van der Waals surface area contributed by atoms with Crippen molar-refractivity contribution < 1.29 is 18.1 Å². The van der Waals surface area contributed by atoms with Crippen LogP contribution in [0.2, 0.25) is 0 Å². The fraction of sp³-hybridized carbons (Fsp3) is 0.0588. The number of benzene rings is 3. The van der Waals surface area contributed by atoms with Crippen LogP contribution >= 0.6 is 0 Å². The standard InChI is InChI=1S/C17H13NO5S/c1-23-14-8-7-12-10-16(18(19)20)17(11-13(12)9-14)24(21,22)15-5-3-2-4-6-15/h2-11H,1H3. The minimum atomic E-state index is -4.01. The van der Waals surface area contributed by atoms with Crippen LogP contribution in [0, 0.1) is 10.1 Å². The molecule has 0 heterocycles. The minimum Gasteiger partial charge on any atom is -0.497 e. The molecular weight excluding hydrogens is 330 g/mol. The van der Waals surface area contributed by atoms with Crippen molar-refractivity contribution >= 4 is 26.3 Å². The molecule has 0 fully saturated rings. The van der Waals surface area contributed by atoms with Gasteiger partial charge in [-0.3, -0.25) is 10.1 Å². The van der Waals surface area contributed by atoms with Gasteiger partial charge in [-0.2, -0.15) is 0 Å². The van der Waals surface area contributed by atoms with E-state index >= 15 is 0 Å². The summed E-state index contributed by atoms with van der Waals surface area (Å²) < 4.78 is 30.8. The third-order valence-electron chi connectivity index (χ3n) is 3.66. The molecule has 0 bridgehead atoms. The Morgan fingerprint density at radius 3 is 2.29 bits per heavy atom. The molecule has 3 aromatic rings. The number of nitro benzene ring substituents is 1. The fourth-order valence-corrected chi connectivity index (χ4v) is 3.91. The Kier molecular flexibility index (Phi) is 3.94. The average molecular weight is 343 g/mol. The Hall–Kier alpha value is -2.93.